The van der Waals surface area contributed by atoms with Gasteiger partial charge in [0, 0.05) is 6.04 Å². The highest BCUT2D eigenvalue weighted by molar-refractivity contribution is 4.82. The van der Waals surface area contributed by atoms with E-state index in [-0.39, 0.29) is 0 Å². The zero-order valence-corrected chi connectivity index (χ0v) is 5.07. The Morgan fingerprint density at radius 2 is 2.43 bits per heavy atom. The quantitative estimate of drug-likeness (QED) is 0.517. The van der Waals surface area contributed by atoms with Gasteiger partial charge in [0.15, 0.2) is 0 Å². The van der Waals surface area contributed by atoms with Crippen LogP contribution in [-0.2, 0) is 0 Å². The molecule has 1 aliphatic heterocycles. The van der Waals surface area contributed by atoms with Crippen molar-refractivity contribution < 1.29 is 0 Å². The van der Waals surface area contributed by atoms with Crippen LogP contribution in [0.25, 0.3) is 0 Å². The molecule has 2 atom stereocenters. The third-order valence-corrected chi connectivity index (χ3v) is 1.93. The predicted molar refractivity (Wildman–Crippen MR) is 31.2 cm³/mol. The number of nitrogens with one attached hydrogen (secondary N) is 1. The summed E-state index contributed by atoms with van der Waals surface area (Å²) in [6, 6.07) is 0.796. The smallest absolute Gasteiger partial charge is 0.00791 e. The molecule has 1 rings (SSSR count). The van der Waals surface area contributed by atoms with E-state index in [0.29, 0.717) is 0 Å². The molecule has 0 aromatic heterocycles. The van der Waals surface area contributed by atoms with E-state index < -0.39 is 0 Å². The van der Waals surface area contributed by atoms with Gasteiger partial charge in [-0.1, -0.05) is 13.3 Å². The van der Waals surface area contributed by atoms with E-state index in [1.807, 2.05) is 0 Å². The van der Waals surface area contributed by atoms with Gasteiger partial charge >= 0.3 is 0 Å². The molecule has 0 aromatic carbocycles. The van der Waals surface area contributed by atoms with Crippen LogP contribution in [0.4, 0.5) is 0 Å². The van der Waals surface area contributed by atoms with Crippen LogP contribution >= 0.6 is 0 Å². The molecule has 1 nitrogen and oxygen atoms in total. The zero-order valence-electron chi connectivity index (χ0n) is 5.07. The molecule has 7 heavy (non-hydrogen) atoms. The average Bonchev–Trinajstić information content (AvgIpc) is 1.65. The summed E-state index contributed by atoms with van der Waals surface area (Å²) in [6.07, 6.45) is 1.34. The SMILES string of the molecule is CCC1CN[C@H]1C. The second-order valence-electron chi connectivity index (χ2n) is 2.37. The molecule has 0 aromatic rings. The Morgan fingerprint density at radius 3 is 2.43 bits per heavy atom. The van der Waals surface area contributed by atoms with E-state index in [1.165, 1.54) is 13.0 Å². The number of hydrogen-bond acceptors (Lipinski definition) is 1. The van der Waals surface area contributed by atoms with Crippen LogP contribution in [0.1, 0.15) is 20.3 Å². The highest BCUT2D eigenvalue weighted by Crippen LogP contribution is 2.14. The van der Waals surface area contributed by atoms with Gasteiger partial charge in [-0.25, -0.2) is 0 Å². The minimum Gasteiger partial charge on any atom is -0.314 e. The van der Waals surface area contributed by atoms with E-state index >= 15 is 0 Å². The van der Waals surface area contributed by atoms with Crippen molar-refractivity contribution in [2.45, 2.75) is 26.3 Å². The van der Waals surface area contributed by atoms with Crippen LogP contribution in [0.5, 0.6) is 0 Å². The Kier molecular flexibility index (Phi) is 1.33. The summed E-state index contributed by atoms with van der Waals surface area (Å²) in [5.74, 6) is 0.972. The van der Waals surface area contributed by atoms with Gasteiger partial charge in [-0.15, -0.1) is 0 Å². The fraction of sp³-hybridized carbons (Fsp3) is 1.00. The molecule has 0 saturated carbocycles. The van der Waals surface area contributed by atoms with E-state index in [9.17, 15) is 0 Å². The second kappa shape index (κ2) is 1.83. The first kappa shape index (κ1) is 5.10. The maximum Gasteiger partial charge on any atom is 0.00791 e. The lowest BCUT2D eigenvalue weighted by molar-refractivity contribution is 0.244. The Balaban J connectivity index is 2.16. The normalized spacial score (nSPS) is 40.3. The molecular formula is C6H13N. The number of rotatable bonds is 1. The summed E-state index contributed by atoms with van der Waals surface area (Å²) in [5.41, 5.74) is 0. The Hall–Kier alpha value is -0.0400. The molecule has 0 spiro atoms. The standard InChI is InChI=1S/C6H13N/c1-3-6-4-7-5(6)2/h5-7H,3-4H2,1-2H3/t5-,6?/m0/s1. The summed E-state index contributed by atoms with van der Waals surface area (Å²) >= 11 is 0. The van der Waals surface area contributed by atoms with E-state index in [2.05, 4.69) is 19.2 Å². The van der Waals surface area contributed by atoms with E-state index in [4.69, 9.17) is 0 Å². The van der Waals surface area contributed by atoms with Crippen molar-refractivity contribution in [2.24, 2.45) is 5.92 Å². The Morgan fingerprint density at radius 1 is 1.71 bits per heavy atom. The molecule has 0 amide bonds. The first-order chi connectivity index (χ1) is 3.34. The highest BCUT2D eigenvalue weighted by atomic mass is 15.0. The van der Waals surface area contributed by atoms with Crippen LogP contribution in [-0.4, -0.2) is 12.6 Å². The van der Waals surface area contributed by atoms with Gasteiger partial charge < -0.3 is 5.32 Å². The van der Waals surface area contributed by atoms with E-state index in [1.54, 1.807) is 0 Å². The van der Waals surface area contributed by atoms with Crippen LogP contribution in [0, 0.1) is 5.92 Å². The summed E-state index contributed by atoms with van der Waals surface area (Å²) < 4.78 is 0. The summed E-state index contributed by atoms with van der Waals surface area (Å²) in [5, 5.41) is 3.31. The van der Waals surface area contributed by atoms with Gasteiger partial charge in [0.2, 0.25) is 0 Å². The van der Waals surface area contributed by atoms with Crippen molar-refractivity contribution in [3.63, 3.8) is 0 Å². The maximum absolute atomic E-state index is 3.31. The van der Waals surface area contributed by atoms with Gasteiger partial charge in [0.05, 0.1) is 0 Å². The molecule has 0 aliphatic carbocycles. The van der Waals surface area contributed by atoms with Gasteiger partial charge in [0.1, 0.15) is 0 Å². The summed E-state index contributed by atoms with van der Waals surface area (Å²) in [4.78, 5) is 0. The Bertz CT molecular complexity index is 59.2. The summed E-state index contributed by atoms with van der Waals surface area (Å²) in [7, 11) is 0. The minimum absolute atomic E-state index is 0.796. The molecule has 0 radical (unpaired) electrons. The van der Waals surface area contributed by atoms with Crippen molar-refractivity contribution in [3.8, 4) is 0 Å². The largest absolute Gasteiger partial charge is 0.314 e. The molecule has 1 heteroatoms. The lowest BCUT2D eigenvalue weighted by Gasteiger charge is -2.34. The van der Waals surface area contributed by atoms with Gasteiger partial charge in [-0.05, 0) is 19.4 Å². The molecule has 0 bridgehead atoms. The van der Waals surface area contributed by atoms with Crippen molar-refractivity contribution >= 4 is 0 Å². The monoisotopic (exact) mass is 99.1 g/mol. The average molecular weight is 99.2 g/mol. The Labute approximate surface area is 45.1 Å². The first-order valence-electron chi connectivity index (χ1n) is 3.08. The molecule has 1 aliphatic rings. The summed E-state index contributed by atoms with van der Waals surface area (Å²) in [6.45, 7) is 5.75. The molecular weight excluding hydrogens is 86.1 g/mol. The topological polar surface area (TPSA) is 12.0 Å². The second-order valence-corrected chi connectivity index (χ2v) is 2.37. The minimum atomic E-state index is 0.796. The van der Waals surface area contributed by atoms with Crippen LogP contribution < -0.4 is 5.32 Å². The molecule has 42 valence electrons. The molecule has 1 heterocycles. The fourth-order valence-corrected chi connectivity index (χ4v) is 1.02. The fourth-order valence-electron chi connectivity index (χ4n) is 1.02. The molecule has 1 unspecified atom stereocenters. The first-order valence-corrected chi connectivity index (χ1v) is 3.08. The lowest BCUT2D eigenvalue weighted by Crippen LogP contribution is -2.50. The van der Waals surface area contributed by atoms with Crippen LogP contribution in [0.3, 0.4) is 0 Å². The van der Waals surface area contributed by atoms with Gasteiger partial charge in [-0.3, -0.25) is 0 Å². The lowest BCUT2D eigenvalue weighted by atomic mass is 9.91. The van der Waals surface area contributed by atoms with E-state index in [0.717, 1.165) is 12.0 Å². The highest BCUT2D eigenvalue weighted by Gasteiger charge is 2.22. The maximum atomic E-state index is 3.31. The van der Waals surface area contributed by atoms with Gasteiger partial charge in [0.25, 0.3) is 0 Å². The van der Waals surface area contributed by atoms with Gasteiger partial charge in [-0.2, -0.15) is 0 Å². The van der Waals surface area contributed by atoms with Crippen LogP contribution in [0.2, 0.25) is 0 Å². The van der Waals surface area contributed by atoms with Crippen LogP contribution in [0.15, 0.2) is 0 Å². The molecule has 1 fully saturated rings. The van der Waals surface area contributed by atoms with Crippen molar-refractivity contribution in [2.75, 3.05) is 6.54 Å². The van der Waals surface area contributed by atoms with Crippen molar-refractivity contribution in [1.82, 2.24) is 5.32 Å². The molecule has 1 saturated heterocycles. The zero-order chi connectivity index (χ0) is 5.28. The number of hydrogen-bond donors (Lipinski definition) is 1. The third-order valence-electron chi connectivity index (χ3n) is 1.93. The van der Waals surface area contributed by atoms with Crippen molar-refractivity contribution in [1.29, 1.82) is 0 Å². The molecule has 1 N–H and O–H groups in total. The predicted octanol–water partition coefficient (Wildman–Crippen LogP) is 1.00. The third kappa shape index (κ3) is 0.778. The van der Waals surface area contributed by atoms with Crippen molar-refractivity contribution in [3.05, 3.63) is 0 Å².